The molecule has 28 heavy (non-hydrogen) atoms. The molecule has 9 heteroatoms. The highest BCUT2D eigenvalue weighted by Gasteiger charge is 2.23. The van der Waals surface area contributed by atoms with Crippen molar-refractivity contribution in [1.29, 1.82) is 0 Å². The molecular weight excluding hydrogens is 368 g/mol. The molecular formula is C19H20N2O7. The van der Waals surface area contributed by atoms with Crippen LogP contribution in [0.4, 0.5) is 5.69 Å². The van der Waals surface area contributed by atoms with E-state index in [1.807, 2.05) is 0 Å². The van der Waals surface area contributed by atoms with Crippen LogP contribution in [-0.4, -0.2) is 36.1 Å². The van der Waals surface area contributed by atoms with Crippen LogP contribution in [0.15, 0.2) is 36.4 Å². The molecule has 0 fully saturated rings. The summed E-state index contributed by atoms with van der Waals surface area (Å²) in [6.45, 7) is 1.63. The van der Waals surface area contributed by atoms with Gasteiger partial charge in [-0.1, -0.05) is 0 Å². The van der Waals surface area contributed by atoms with Crippen LogP contribution in [-0.2, 0) is 4.79 Å². The number of hydrogen-bond acceptors (Lipinski definition) is 6. The first-order valence-electron chi connectivity index (χ1n) is 8.25. The fourth-order valence-corrected chi connectivity index (χ4v) is 2.76. The van der Waals surface area contributed by atoms with Crippen molar-refractivity contribution in [1.82, 2.24) is 5.32 Å². The van der Waals surface area contributed by atoms with E-state index in [1.165, 1.54) is 26.4 Å². The van der Waals surface area contributed by atoms with Gasteiger partial charge in [0, 0.05) is 29.3 Å². The van der Waals surface area contributed by atoms with Gasteiger partial charge < -0.3 is 19.9 Å². The first-order chi connectivity index (χ1) is 13.2. The molecule has 148 valence electrons. The third kappa shape index (κ3) is 4.97. The molecule has 0 radical (unpaired) electrons. The minimum atomic E-state index is -1.13. The molecule has 0 spiro atoms. The Morgan fingerprint density at radius 3 is 2.46 bits per heavy atom. The summed E-state index contributed by atoms with van der Waals surface area (Å²) in [7, 11) is 2.90. The Balaban J connectivity index is 2.39. The number of aryl methyl sites for hydroxylation is 1. The number of nitro groups is 1. The zero-order valence-corrected chi connectivity index (χ0v) is 15.6. The van der Waals surface area contributed by atoms with Gasteiger partial charge in [0.2, 0.25) is 0 Å². The summed E-state index contributed by atoms with van der Waals surface area (Å²) in [5.74, 6) is -0.897. The van der Waals surface area contributed by atoms with E-state index in [9.17, 15) is 24.8 Å². The van der Waals surface area contributed by atoms with E-state index in [-0.39, 0.29) is 11.3 Å². The number of nitrogens with one attached hydrogen (secondary N) is 1. The molecule has 0 aromatic heterocycles. The molecule has 0 saturated heterocycles. The SMILES string of the molecule is COc1ccc(C(CC(=O)O)NC(=O)c2cc(C)cc([N+](=O)[O-])c2)c(OC)c1. The Labute approximate surface area is 161 Å². The number of carboxylic acid groups (broad SMARTS) is 1. The summed E-state index contributed by atoms with van der Waals surface area (Å²) in [5, 5.41) is 22.9. The van der Waals surface area contributed by atoms with Crippen molar-refractivity contribution in [2.75, 3.05) is 14.2 Å². The third-order valence-electron chi connectivity index (χ3n) is 4.04. The van der Waals surface area contributed by atoms with Crippen molar-refractivity contribution >= 4 is 17.6 Å². The Morgan fingerprint density at radius 2 is 1.89 bits per heavy atom. The van der Waals surface area contributed by atoms with Crippen LogP contribution in [0.25, 0.3) is 0 Å². The van der Waals surface area contributed by atoms with Gasteiger partial charge in [-0.25, -0.2) is 0 Å². The lowest BCUT2D eigenvalue weighted by Gasteiger charge is -2.20. The number of benzene rings is 2. The lowest BCUT2D eigenvalue weighted by atomic mass is 10.0. The van der Waals surface area contributed by atoms with Crippen molar-refractivity contribution in [2.45, 2.75) is 19.4 Å². The average molecular weight is 388 g/mol. The second-order valence-electron chi connectivity index (χ2n) is 6.05. The standard InChI is InChI=1S/C19H20N2O7/c1-11-6-12(8-13(7-11)21(25)26)19(24)20-16(10-18(22)23)15-5-4-14(27-2)9-17(15)28-3/h4-9,16H,10H2,1-3H3,(H,20,24)(H,22,23). The number of ether oxygens (including phenoxy) is 2. The number of rotatable bonds is 8. The van der Waals surface area contributed by atoms with E-state index in [0.717, 1.165) is 6.07 Å². The van der Waals surface area contributed by atoms with E-state index in [1.54, 1.807) is 25.1 Å². The molecule has 2 N–H and O–H groups in total. The van der Waals surface area contributed by atoms with Crippen LogP contribution in [0, 0.1) is 17.0 Å². The molecule has 0 bridgehead atoms. The smallest absolute Gasteiger partial charge is 0.305 e. The van der Waals surface area contributed by atoms with Crippen molar-refractivity contribution in [3.05, 3.63) is 63.2 Å². The summed E-state index contributed by atoms with van der Waals surface area (Å²) in [5.41, 5.74) is 0.828. The molecule has 1 unspecified atom stereocenters. The second-order valence-corrected chi connectivity index (χ2v) is 6.05. The quantitative estimate of drug-likeness (QED) is 0.525. The molecule has 0 aliphatic carbocycles. The fourth-order valence-electron chi connectivity index (χ4n) is 2.76. The van der Waals surface area contributed by atoms with E-state index in [2.05, 4.69) is 5.32 Å². The average Bonchev–Trinajstić information content (AvgIpc) is 2.65. The number of nitrogens with zero attached hydrogens (tertiary/aromatic N) is 1. The van der Waals surface area contributed by atoms with E-state index in [4.69, 9.17) is 9.47 Å². The number of carbonyl (C=O) groups is 2. The number of carboxylic acids is 1. The van der Waals surface area contributed by atoms with Crippen LogP contribution in [0.3, 0.4) is 0 Å². The number of aliphatic carboxylic acids is 1. The highest BCUT2D eigenvalue weighted by Crippen LogP contribution is 2.31. The van der Waals surface area contributed by atoms with Crippen LogP contribution >= 0.6 is 0 Å². The topological polar surface area (TPSA) is 128 Å². The van der Waals surface area contributed by atoms with E-state index in [0.29, 0.717) is 22.6 Å². The van der Waals surface area contributed by atoms with Gasteiger partial charge in [-0.3, -0.25) is 19.7 Å². The summed E-state index contributed by atoms with van der Waals surface area (Å²) >= 11 is 0. The first kappa shape index (κ1) is 20.7. The highest BCUT2D eigenvalue weighted by molar-refractivity contribution is 5.95. The predicted molar refractivity (Wildman–Crippen MR) is 99.8 cm³/mol. The Hall–Kier alpha value is -3.62. The predicted octanol–water partition coefficient (Wildman–Crippen LogP) is 2.87. The van der Waals surface area contributed by atoms with Crippen molar-refractivity contribution in [3.63, 3.8) is 0 Å². The lowest BCUT2D eigenvalue weighted by molar-refractivity contribution is -0.384. The molecule has 9 nitrogen and oxygen atoms in total. The maximum atomic E-state index is 12.7. The second kappa shape index (κ2) is 8.85. The van der Waals surface area contributed by atoms with Crippen molar-refractivity contribution < 1.29 is 29.1 Å². The van der Waals surface area contributed by atoms with Gasteiger partial charge in [-0.15, -0.1) is 0 Å². The number of non-ortho nitro benzene ring substituents is 1. The van der Waals surface area contributed by atoms with Crippen molar-refractivity contribution in [3.8, 4) is 11.5 Å². The third-order valence-corrected chi connectivity index (χ3v) is 4.04. The summed E-state index contributed by atoms with van der Waals surface area (Å²) in [6, 6.07) is 7.87. The minimum Gasteiger partial charge on any atom is -0.497 e. The molecule has 1 amide bonds. The van der Waals surface area contributed by atoms with Crippen LogP contribution in [0.5, 0.6) is 11.5 Å². The van der Waals surface area contributed by atoms with E-state index >= 15 is 0 Å². The molecule has 1 atom stereocenters. The number of methoxy groups -OCH3 is 2. The molecule has 2 aromatic carbocycles. The van der Waals surface area contributed by atoms with E-state index < -0.39 is 29.3 Å². The fraction of sp³-hybridized carbons (Fsp3) is 0.263. The number of nitro benzene ring substituents is 1. The van der Waals surface area contributed by atoms with Crippen LogP contribution < -0.4 is 14.8 Å². The van der Waals surface area contributed by atoms with Gasteiger partial charge in [0.25, 0.3) is 11.6 Å². The van der Waals surface area contributed by atoms with Crippen LogP contribution in [0.2, 0.25) is 0 Å². The van der Waals surface area contributed by atoms with Gasteiger partial charge in [0.1, 0.15) is 11.5 Å². The summed E-state index contributed by atoms with van der Waals surface area (Å²) < 4.78 is 10.4. The molecule has 0 heterocycles. The number of carbonyl (C=O) groups excluding carboxylic acids is 1. The molecule has 0 saturated carbocycles. The largest absolute Gasteiger partial charge is 0.497 e. The Morgan fingerprint density at radius 1 is 1.18 bits per heavy atom. The number of amides is 1. The van der Waals surface area contributed by atoms with Gasteiger partial charge >= 0.3 is 5.97 Å². The van der Waals surface area contributed by atoms with Gasteiger partial charge in [0.05, 0.1) is 31.6 Å². The highest BCUT2D eigenvalue weighted by atomic mass is 16.6. The Kier molecular flexibility index (Phi) is 6.54. The molecule has 2 aromatic rings. The monoisotopic (exact) mass is 388 g/mol. The molecule has 0 aliphatic heterocycles. The number of hydrogen-bond donors (Lipinski definition) is 2. The van der Waals surface area contributed by atoms with Gasteiger partial charge in [0.15, 0.2) is 0 Å². The molecule has 0 aliphatic rings. The first-order valence-corrected chi connectivity index (χ1v) is 8.25. The zero-order chi connectivity index (χ0) is 20.8. The normalized spacial score (nSPS) is 11.4. The van der Waals surface area contributed by atoms with Crippen molar-refractivity contribution in [2.24, 2.45) is 0 Å². The maximum Gasteiger partial charge on any atom is 0.305 e. The summed E-state index contributed by atoms with van der Waals surface area (Å²) in [6.07, 6.45) is -0.400. The van der Waals surface area contributed by atoms with Gasteiger partial charge in [-0.05, 0) is 30.7 Å². The zero-order valence-electron chi connectivity index (χ0n) is 15.6. The maximum absolute atomic E-state index is 12.7. The minimum absolute atomic E-state index is 0.0644. The Bertz CT molecular complexity index is 911. The van der Waals surface area contributed by atoms with Crippen LogP contribution in [0.1, 0.15) is 33.9 Å². The lowest BCUT2D eigenvalue weighted by Crippen LogP contribution is -2.30. The van der Waals surface area contributed by atoms with Gasteiger partial charge in [-0.2, -0.15) is 0 Å². The summed E-state index contributed by atoms with van der Waals surface area (Å²) in [4.78, 5) is 34.4. The molecule has 2 rings (SSSR count).